The van der Waals surface area contributed by atoms with Crippen LogP contribution in [-0.2, 0) is 11.2 Å². The van der Waals surface area contributed by atoms with Crippen LogP contribution in [-0.4, -0.2) is 31.3 Å². The summed E-state index contributed by atoms with van der Waals surface area (Å²) in [5.74, 6) is 0. The molecule has 1 unspecified atom stereocenters. The van der Waals surface area contributed by atoms with Crippen LogP contribution in [0.1, 0.15) is 31.6 Å². The second-order valence-electron chi connectivity index (χ2n) is 5.09. The van der Waals surface area contributed by atoms with Gasteiger partial charge in [0.2, 0.25) is 0 Å². The predicted octanol–water partition coefficient (Wildman–Crippen LogP) is 3.23. The lowest BCUT2D eigenvalue weighted by molar-refractivity contribution is -0.116. The van der Waals surface area contributed by atoms with Gasteiger partial charge < -0.3 is 9.69 Å². The van der Waals surface area contributed by atoms with Gasteiger partial charge in [-0.25, -0.2) is 0 Å². The molecule has 1 aromatic heterocycles. The van der Waals surface area contributed by atoms with Crippen LogP contribution in [0.3, 0.4) is 0 Å². The van der Waals surface area contributed by atoms with Gasteiger partial charge in [0.25, 0.3) is 0 Å². The molecular formula is C14H23NOS. The highest BCUT2D eigenvalue weighted by atomic mass is 32.1. The summed E-state index contributed by atoms with van der Waals surface area (Å²) >= 11 is 1.80. The molecule has 0 saturated carbocycles. The van der Waals surface area contributed by atoms with Crippen molar-refractivity contribution in [1.82, 2.24) is 4.90 Å². The van der Waals surface area contributed by atoms with Crippen molar-refractivity contribution in [2.24, 2.45) is 5.41 Å². The van der Waals surface area contributed by atoms with E-state index in [2.05, 4.69) is 43.3 Å². The molecule has 0 aromatic carbocycles. The number of likely N-dealkylation sites (N-methyl/N-ethyl adjacent to an activating group) is 1. The van der Waals surface area contributed by atoms with Crippen LogP contribution in [0.5, 0.6) is 0 Å². The summed E-state index contributed by atoms with van der Waals surface area (Å²) in [4.78, 5) is 14.8. The minimum atomic E-state index is -0.182. The molecule has 0 aliphatic rings. The van der Waals surface area contributed by atoms with Gasteiger partial charge in [-0.2, -0.15) is 0 Å². The molecule has 2 nitrogen and oxygen atoms in total. The number of carbonyl (C=O) groups is 1. The summed E-state index contributed by atoms with van der Waals surface area (Å²) in [6.07, 6.45) is 4.24. The standard InChI is InChI=1S/C14H23NOS/c1-4-8-14(2,12-16)11-15(3)9-7-13-6-5-10-17-13/h5-6,10,12H,4,7-9,11H2,1-3H3. The number of aldehydes is 1. The quantitative estimate of drug-likeness (QED) is 0.663. The van der Waals surface area contributed by atoms with Crippen molar-refractivity contribution < 1.29 is 4.79 Å². The van der Waals surface area contributed by atoms with Gasteiger partial charge in [-0.05, 0) is 31.3 Å². The smallest absolute Gasteiger partial charge is 0.127 e. The molecule has 1 atom stereocenters. The molecule has 1 rings (SSSR count). The number of carbonyl (C=O) groups excluding carboxylic acids is 1. The third-order valence-electron chi connectivity index (χ3n) is 3.06. The van der Waals surface area contributed by atoms with Crippen molar-refractivity contribution in [3.63, 3.8) is 0 Å². The maximum atomic E-state index is 11.2. The lowest BCUT2D eigenvalue weighted by atomic mass is 9.87. The minimum Gasteiger partial charge on any atom is -0.305 e. The van der Waals surface area contributed by atoms with Crippen molar-refractivity contribution >= 4 is 17.6 Å². The molecule has 0 bridgehead atoms. The van der Waals surface area contributed by atoms with E-state index in [1.54, 1.807) is 11.3 Å². The van der Waals surface area contributed by atoms with Gasteiger partial charge in [-0.3, -0.25) is 0 Å². The third kappa shape index (κ3) is 5.00. The third-order valence-corrected chi connectivity index (χ3v) is 3.99. The van der Waals surface area contributed by atoms with Gasteiger partial charge in [0.15, 0.2) is 0 Å². The molecule has 3 heteroatoms. The predicted molar refractivity (Wildman–Crippen MR) is 74.6 cm³/mol. The summed E-state index contributed by atoms with van der Waals surface area (Å²) in [6.45, 7) is 6.07. The summed E-state index contributed by atoms with van der Waals surface area (Å²) < 4.78 is 0. The SMILES string of the molecule is CCCC(C)(C=O)CN(C)CCc1cccs1. The van der Waals surface area contributed by atoms with Gasteiger partial charge in [0.1, 0.15) is 6.29 Å². The molecule has 0 N–H and O–H groups in total. The molecule has 0 aliphatic carbocycles. The molecule has 96 valence electrons. The Balaban J connectivity index is 2.37. The van der Waals surface area contributed by atoms with E-state index in [0.29, 0.717) is 0 Å². The van der Waals surface area contributed by atoms with Crippen molar-refractivity contribution in [2.75, 3.05) is 20.1 Å². The van der Waals surface area contributed by atoms with Crippen molar-refractivity contribution in [3.8, 4) is 0 Å². The van der Waals surface area contributed by atoms with Crippen LogP contribution in [0.4, 0.5) is 0 Å². The second-order valence-corrected chi connectivity index (χ2v) is 6.12. The number of thiophene rings is 1. The molecule has 1 aromatic rings. The second kappa shape index (κ2) is 6.92. The summed E-state index contributed by atoms with van der Waals surface area (Å²) in [5.41, 5.74) is -0.182. The Bertz CT molecular complexity index is 323. The maximum absolute atomic E-state index is 11.2. The molecular weight excluding hydrogens is 230 g/mol. The van der Waals surface area contributed by atoms with Crippen molar-refractivity contribution in [2.45, 2.75) is 33.1 Å². The van der Waals surface area contributed by atoms with Gasteiger partial charge in [0, 0.05) is 23.4 Å². The Kier molecular flexibility index (Phi) is 5.86. The van der Waals surface area contributed by atoms with Crippen LogP contribution in [0.2, 0.25) is 0 Å². The first-order valence-electron chi connectivity index (χ1n) is 6.27. The molecule has 0 aliphatic heterocycles. The fourth-order valence-corrected chi connectivity index (χ4v) is 2.90. The topological polar surface area (TPSA) is 20.3 Å². The fraction of sp³-hybridized carbons (Fsp3) is 0.643. The monoisotopic (exact) mass is 253 g/mol. The molecule has 0 amide bonds. The molecule has 0 radical (unpaired) electrons. The van der Waals surface area contributed by atoms with Gasteiger partial charge in [0.05, 0.1) is 0 Å². The van der Waals surface area contributed by atoms with E-state index in [9.17, 15) is 4.79 Å². The summed E-state index contributed by atoms with van der Waals surface area (Å²) in [6, 6.07) is 4.26. The summed E-state index contributed by atoms with van der Waals surface area (Å²) in [5, 5.41) is 2.11. The average Bonchev–Trinajstić information content (AvgIpc) is 2.79. The van der Waals surface area contributed by atoms with Crippen molar-refractivity contribution in [1.29, 1.82) is 0 Å². The Morgan fingerprint density at radius 1 is 1.53 bits per heavy atom. The Labute approximate surface area is 109 Å². The molecule has 0 fully saturated rings. The molecule has 0 spiro atoms. The van der Waals surface area contributed by atoms with E-state index in [-0.39, 0.29) is 5.41 Å². The van der Waals surface area contributed by atoms with E-state index in [4.69, 9.17) is 0 Å². The number of rotatable bonds is 8. The summed E-state index contributed by atoms with van der Waals surface area (Å²) in [7, 11) is 2.10. The first-order chi connectivity index (χ1) is 8.09. The highest BCUT2D eigenvalue weighted by Crippen LogP contribution is 2.21. The van der Waals surface area contributed by atoms with Crippen LogP contribution >= 0.6 is 11.3 Å². The van der Waals surface area contributed by atoms with E-state index in [1.807, 2.05) is 0 Å². The van der Waals surface area contributed by atoms with Crippen LogP contribution in [0.25, 0.3) is 0 Å². The first kappa shape index (κ1) is 14.4. The van der Waals surface area contributed by atoms with Crippen LogP contribution in [0.15, 0.2) is 17.5 Å². The Hall–Kier alpha value is -0.670. The highest BCUT2D eigenvalue weighted by molar-refractivity contribution is 7.09. The number of hydrogen-bond donors (Lipinski definition) is 0. The highest BCUT2D eigenvalue weighted by Gasteiger charge is 2.24. The lowest BCUT2D eigenvalue weighted by Gasteiger charge is -2.28. The zero-order valence-electron chi connectivity index (χ0n) is 11.1. The maximum Gasteiger partial charge on any atom is 0.127 e. The van der Waals surface area contributed by atoms with E-state index in [0.717, 1.165) is 38.6 Å². The zero-order chi connectivity index (χ0) is 12.7. The van der Waals surface area contributed by atoms with Crippen LogP contribution in [0, 0.1) is 5.41 Å². The molecule has 1 heterocycles. The van der Waals surface area contributed by atoms with E-state index < -0.39 is 0 Å². The van der Waals surface area contributed by atoms with Gasteiger partial charge in [-0.1, -0.05) is 26.3 Å². The van der Waals surface area contributed by atoms with Gasteiger partial charge >= 0.3 is 0 Å². The molecule has 0 saturated heterocycles. The van der Waals surface area contributed by atoms with Gasteiger partial charge in [-0.15, -0.1) is 11.3 Å². The zero-order valence-corrected chi connectivity index (χ0v) is 11.9. The fourth-order valence-electron chi connectivity index (χ4n) is 2.20. The minimum absolute atomic E-state index is 0.182. The Morgan fingerprint density at radius 3 is 2.82 bits per heavy atom. The lowest BCUT2D eigenvalue weighted by Crippen LogP contribution is -2.35. The van der Waals surface area contributed by atoms with E-state index in [1.165, 1.54) is 4.88 Å². The van der Waals surface area contributed by atoms with Crippen LogP contribution < -0.4 is 0 Å². The normalized spacial score (nSPS) is 14.8. The van der Waals surface area contributed by atoms with Crippen molar-refractivity contribution in [3.05, 3.63) is 22.4 Å². The number of nitrogens with zero attached hydrogens (tertiary/aromatic N) is 1. The Morgan fingerprint density at radius 2 is 2.29 bits per heavy atom. The van der Waals surface area contributed by atoms with E-state index >= 15 is 0 Å². The first-order valence-corrected chi connectivity index (χ1v) is 7.15. The average molecular weight is 253 g/mol. The molecule has 17 heavy (non-hydrogen) atoms. The largest absolute Gasteiger partial charge is 0.305 e. The number of hydrogen-bond acceptors (Lipinski definition) is 3.